The van der Waals surface area contributed by atoms with Crippen molar-refractivity contribution in [1.82, 2.24) is 9.80 Å². The monoisotopic (exact) mass is 402 g/mol. The number of carbonyl (C=O) groups excluding carboxylic acids is 2. The standard InChI is InChI=1S/C19H22N4O6/c1-13-10-15(23(26)27)17(28-2)11-14(13)20-18(24)12-21-5-7-22(8-6-21)19(25)16-4-3-9-29-16/h3-4,9-11H,5-8,12H2,1-2H3,(H,20,24). The number of nitro groups is 1. The van der Waals surface area contributed by atoms with E-state index in [0.29, 0.717) is 43.2 Å². The number of methoxy groups -OCH3 is 1. The number of nitro benzene ring substituents is 1. The zero-order chi connectivity index (χ0) is 21.0. The van der Waals surface area contributed by atoms with Crippen molar-refractivity contribution in [2.24, 2.45) is 0 Å². The first kappa shape index (κ1) is 20.3. The van der Waals surface area contributed by atoms with Gasteiger partial charge in [-0.3, -0.25) is 24.6 Å². The number of hydrogen-bond donors (Lipinski definition) is 1. The SMILES string of the molecule is COc1cc(NC(=O)CN2CCN(C(=O)c3ccco3)CC2)c(C)cc1[N+](=O)[O-]. The van der Waals surface area contributed by atoms with Gasteiger partial charge in [-0.15, -0.1) is 0 Å². The van der Waals surface area contributed by atoms with Gasteiger partial charge in [-0.2, -0.15) is 0 Å². The van der Waals surface area contributed by atoms with Gasteiger partial charge in [0.1, 0.15) is 0 Å². The molecule has 1 saturated heterocycles. The summed E-state index contributed by atoms with van der Waals surface area (Å²) >= 11 is 0. The second-order valence-corrected chi connectivity index (χ2v) is 6.69. The maximum Gasteiger partial charge on any atom is 0.311 e. The normalized spacial score (nSPS) is 14.5. The maximum absolute atomic E-state index is 12.4. The maximum atomic E-state index is 12.4. The van der Waals surface area contributed by atoms with Crippen LogP contribution in [-0.4, -0.2) is 66.4 Å². The van der Waals surface area contributed by atoms with E-state index >= 15 is 0 Å². The van der Waals surface area contributed by atoms with Gasteiger partial charge in [0.2, 0.25) is 5.91 Å². The lowest BCUT2D eigenvalue weighted by molar-refractivity contribution is -0.385. The van der Waals surface area contributed by atoms with Gasteiger partial charge >= 0.3 is 5.69 Å². The second-order valence-electron chi connectivity index (χ2n) is 6.69. The van der Waals surface area contributed by atoms with Crippen LogP contribution >= 0.6 is 0 Å². The Hall–Kier alpha value is -3.40. The number of amides is 2. The first-order valence-corrected chi connectivity index (χ1v) is 9.07. The van der Waals surface area contributed by atoms with E-state index in [1.165, 1.54) is 25.5 Å². The summed E-state index contributed by atoms with van der Waals surface area (Å²) in [5.74, 6) is -0.0118. The lowest BCUT2D eigenvalue weighted by atomic mass is 10.1. The largest absolute Gasteiger partial charge is 0.490 e. The summed E-state index contributed by atoms with van der Waals surface area (Å²) in [6.45, 7) is 3.95. The summed E-state index contributed by atoms with van der Waals surface area (Å²) in [5.41, 5.74) is 0.879. The summed E-state index contributed by atoms with van der Waals surface area (Å²) in [4.78, 5) is 38.9. The molecule has 2 heterocycles. The summed E-state index contributed by atoms with van der Waals surface area (Å²) in [7, 11) is 1.34. The lowest BCUT2D eigenvalue weighted by Gasteiger charge is -2.33. The molecule has 0 spiro atoms. The molecule has 1 aliphatic heterocycles. The van der Waals surface area contributed by atoms with Crippen LogP contribution in [0, 0.1) is 17.0 Å². The minimum Gasteiger partial charge on any atom is -0.490 e. The van der Waals surface area contributed by atoms with Gasteiger partial charge in [0.15, 0.2) is 11.5 Å². The van der Waals surface area contributed by atoms with E-state index in [-0.39, 0.29) is 29.8 Å². The van der Waals surface area contributed by atoms with Crippen molar-refractivity contribution >= 4 is 23.2 Å². The molecule has 0 aliphatic carbocycles. The minimum absolute atomic E-state index is 0.0842. The molecule has 0 atom stereocenters. The van der Waals surface area contributed by atoms with Crippen molar-refractivity contribution in [2.45, 2.75) is 6.92 Å². The van der Waals surface area contributed by atoms with E-state index in [1.807, 2.05) is 4.90 Å². The van der Waals surface area contributed by atoms with Gasteiger partial charge in [-0.05, 0) is 24.6 Å². The first-order valence-electron chi connectivity index (χ1n) is 9.07. The molecule has 0 radical (unpaired) electrons. The molecular formula is C19H22N4O6. The van der Waals surface area contributed by atoms with Crippen LogP contribution in [0.4, 0.5) is 11.4 Å². The number of nitrogens with zero attached hydrogens (tertiary/aromatic N) is 3. The Bertz CT molecular complexity index is 904. The average Bonchev–Trinajstić information content (AvgIpc) is 3.24. The van der Waals surface area contributed by atoms with Crippen LogP contribution in [-0.2, 0) is 4.79 Å². The molecule has 1 aromatic heterocycles. The lowest BCUT2D eigenvalue weighted by Crippen LogP contribution is -2.50. The molecule has 29 heavy (non-hydrogen) atoms. The molecule has 1 N–H and O–H groups in total. The van der Waals surface area contributed by atoms with E-state index in [0.717, 1.165) is 0 Å². The number of carbonyl (C=O) groups is 2. The predicted molar refractivity (Wildman–Crippen MR) is 104 cm³/mol. The van der Waals surface area contributed by atoms with E-state index in [1.54, 1.807) is 24.0 Å². The minimum atomic E-state index is -0.527. The third kappa shape index (κ3) is 4.72. The molecule has 1 fully saturated rings. The van der Waals surface area contributed by atoms with E-state index in [4.69, 9.17) is 9.15 Å². The fourth-order valence-electron chi connectivity index (χ4n) is 3.17. The molecule has 0 saturated carbocycles. The van der Waals surface area contributed by atoms with Crippen LogP contribution in [0.5, 0.6) is 5.75 Å². The van der Waals surface area contributed by atoms with Crippen molar-refractivity contribution in [1.29, 1.82) is 0 Å². The molecule has 2 aromatic rings. The second kappa shape index (κ2) is 8.74. The molecule has 1 aliphatic rings. The quantitative estimate of drug-likeness (QED) is 0.579. The van der Waals surface area contributed by atoms with E-state index < -0.39 is 4.92 Å². The summed E-state index contributed by atoms with van der Waals surface area (Å²) in [6.07, 6.45) is 1.46. The zero-order valence-corrected chi connectivity index (χ0v) is 16.2. The highest BCUT2D eigenvalue weighted by molar-refractivity contribution is 5.94. The molecule has 3 rings (SSSR count). The predicted octanol–water partition coefficient (Wildman–Crippen LogP) is 1.90. The molecule has 10 nitrogen and oxygen atoms in total. The Kier molecular flexibility index (Phi) is 6.13. The van der Waals surface area contributed by atoms with Crippen LogP contribution in [0.3, 0.4) is 0 Å². The first-order chi connectivity index (χ1) is 13.9. The molecule has 0 unspecified atom stereocenters. The number of ether oxygens (including phenoxy) is 1. The Morgan fingerprint density at radius 3 is 2.59 bits per heavy atom. The van der Waals surface area contributed by atoms with Gasteiger partial charge in [0, 0.05) is 44.0 Å². The van der Waals surface area contributed by atoms with Gasteiger partial charge < -0.3 is 19.4 Å². The van der Waals surface area contributed by atoms with Gasteiger partial charge in [0.05, 0.1) is 24.8 Å². The van der Waals surface area contributed by atoms with Crippen molar-refractivity contribution in [3.63, 3.8) is 0 Å². The number of rotatable bonds is 6. The Morgan fingerprint density at radius 1 is 1.28 bits per heavy atom. The summed E-state index contributed by atoms with van der Waals surface area (Å²) in [5, 5.41) is 13.9. The zero-order valence-electron chi connectivity index (χ0n) is 16.2. The highest BCUT2D eigenvalue weighted by atomic mass is 16.6. The smallest absolute Gasteiger partial charge is 0.311 e. The highest BCUT2D eigenvalue weighted by Gasteiger charge is 2.25. The summed E-state index contributed by atoms with van der Waals surface area (Å²) < 4.78 is 10.2. The Balaban J connectivity index is 1.55. The van der Waals surface area contributed by atoms with E-state index in [9.17, 15) is 19.7 Å². The summed E-state index contributed by atoms with van der Waals surface area (Å²) in [6, 6.07) is 6.12. The molecule has 2 amide bonds. The number of furan rings is 1. The highest BCUT2D eigenvalue weighted by Crippen LogP contribution is 2.32. The van der Waals surface area contributed by atoms with Crippen molar-refractivity contribution in [2.75, 3.05) is 45.2 Å². The third-order valence-electron chi connectivity index (χ3n) is 4.76. The van der Waals surface area contributed by atoms with Crippen LogP contribution in [0.15, 0.2) is 34.9 Å². The fraction of sp³-hybridized carbons (Fsp3) is 0.368. The van der Waals surface area contributed by atoms with Crippen LogP contribution in [0.1, 0.15) is 16.1 Å². The van der Waals surface area contributed by atoms with Crippen LogP contribution in [0.2, 0.25) is 0 Å². The Morgan fingerprint density at radius 2 is 2.00 bits per heavy atom. The van der Waals surface area contributed by atoms with Gasteiger partial charge in [-0.1, -0.05) is 0 Å². The average molecular weight is 402 g/mol. The number of piperazine rings is 1. The molecule has 1 aromatic carbocycles. The van der Waals surface area contributed by atoms with Gasteiger partial charge in [0.25, 0.3) is 5.91 Å². The van der Waals surface area contributed by atoms with Crippen molar-refractivity contribution in [3.05, 3.63) is 52.0 Å². The van der Waals surface area contributed by atoms with Crippen molar-refractivity contribution < 1.29 is 23.7 Å². The molecule has 0 bridgehead atoms. The van der Waals surface area contributed by atoms with Crippen LogP contribution < -0.4 is 10.1 Å². The number of benzene rings is 1. The number of anilines is 1. The number of aryl methyl sites for hydroxylation is 1. The molecule has 10 heteroatoms. The van der Waals surface area contributed by atoms with Crippen LogP contribution in [0.25, 0.3) is 0 Å². The molecular weight excluding hydrogens is 380 g/mol. The Labute approximate surface area is 167 Å². The number of hydrogen-bond acceptors (Lipinski definition) is 7. The third-order valence-corrected chi connectivity index (χ3v) is 4.76. The number of nitrogens with one attached hydrogen (secondary N) is 1. The molecule has 154 valence electrons. The van der Waals surface area contributed by atoms with Gasteiger partial charge in [-0.25, -0.2) is 0 Å². The fourth-order valence-corrected chi connectivity index (χ4v) is 3.17. The van der Waals surface area contributed by atoms with Crippen molar-refractivity contribution in [3.8, 4) is 5.75 Å². The topological polar surface area (TPSA) is 118 Å². The van der Waals surface area contributed by atoms with E-state index in [2.05, 4.69) is 5.32 Å².